The van der Waals surface area contributed by atoms with Crippen molar-refractivity contribution in [3.05, 3.63) is 64.9 Å². The summed E-state index contributed by atoms with van der Waals surface area (Å²) in [5.74, 6) is -1.82. The molecule has 2 radical (unpaired) electrons. The Morgan fingerprint density at radius 2 is 0.875 bits per heavy atom. The third-order valence-electron chi connectivity index (χ3n) is 1.08. The molecule has 172 valence electrons. The fourth-order valence-corrected chi connectivity index (χ4v) is 0.591. The van der Waals surface area contributed by atoms with E-state index in [1.165, 1.54) is 6.29 Å². The van der Waals surface area contributed by atoms with Crippen molar-refractivity contribution in [1.29, 1.82) is 0 Å². The SMILES string of the molecule is CCOC(=O)[C-]=C([C-]=O)C(=O)OCC.[C-]#[O+].[C-]#[O+].[C-]#[O+].[C-]#[O+].[C-]#[O+].[C-]#[O+].[C-]#[O+].[C-]#[O+].[Mn].[Mn]. The van der Waals surface area contributed by atoms with Gasteiger partial charge in [0.1, 0.15) is 0 Å². The van der Waals surface area contributed by atoms with E-state index in [9.17, 15) is 14.4 Å². The predicted octanol–water partition coefficient (Wildman–Crippen LogP) is -0.353. The molecule has 32 heavy (non-hydrogen) atoms. The number of hydrogen-bond acceptors (Lipinski definition) is 5. The molecule has 0 aromatic rings. The van der Waals surface area contributed by atoms with E-state index >= 15 is 0 Å². The van der Waals surface area contributed by atoms with E-state index in [4.69, 9.17) is 37.2 Å². The van der Waals surface area contributed by atoms with Gasteiger partial charge in [-0.1, -0.05) is 0 Å². The maximum Gasteiger partial charge on any atom is 0 e. The van der Waals surface area contributed by atoms with E-state index in [2.05, 4.69) is 62.7 Å². The van der Waals surface area contributed by atoms with E-state index in [1.54, 1.807) is 13.8 Å². The normalized spacial score (nSPS) is 5.12. The topological polar surface area (TPSA) is 229 Å². The van der Waals surface area contributed by atoms with Crippen LogP contribution in [0.5, 0.6) is 0 Å². The first kappa shape index (κ1) is 70.1. The molecule has 0 saturated carbocycles. The van der Waals surface area contributed by atoms with Crippen LogP contribution in [-0.2, 0) is 95.2 Å². The zero-order chi connectivity index (χ0) is 27.0. The van der Waals surface area contributed by atoms with Crippen molar-refractivity contribution in [1.82, 2.24) is 0 Å². The third-order valence-corrected chi connectivity index (χ3v) is 1.08. The molecule has 0 aliphatic heterocycles. The van der Waals surface area contributed by atoms with Gasteiger partial charge >= 0.3 is 90.4 Å². The summed E-state index contributed by atoms with van der Waals surface area (Å²) < 4.78 is 68.9. The van der Waals surface area contributed by atoms with Crippen LogP contribution in [0.1, 0.15) is 13.8 Å². The summed E-state index contributed by atoms with van der Waals surface area (Å²) in [6.45, 7) is 39.4. The number of carbonyl (C=O) groups excluding carboxylic acids is 3. The van der Waals surface area contributed by atoms with Crippen LogP contribution in [0.2, 0.25) is 0 Å². The van der Waals surface area contributed by atoms with Crippen molar-refractivity contribution in [2.24, 2.45) is 0 Å². The second kappa shape index (κ2) is 139. The summed E-state index contributed by atoms with van der Waals surface area (Å²) in [6.07, 6.45) is 3.17. The standard InChI is InChI=1S/C9H10O5.8CO.2Mn/c1-3-13-8(11)5-7(6-10)9(12)14-4-2;8*1-2;;/h3-4H2,1-2H3;;;;;;;;;;/q-2;;;;;;;;;;. The Balaban J connectivity index is -0.0000000231. The number of rotatable bonds is 5. The fourth-order valence-electron chi connectivity index (χ4n) is 0.591. The zero-order valence-corrected chi connectivity index (χ0v) is 18.3. The molecule has 0 unspecified atom stereocenters. The van der Waals surface area contributed by atoms with Gasteiger partial charge in [-0.3, -0.25) is 16.4 Å². The van der Waals surface area contributed by atoms with E-state index in [0.29, 0.717) is 0 Å². The van der Waals surface area contributed by atoms with Crippen LogP contribution in [0.3, 0.4) is 0 Å². The van der Waals surface area contributed by atoms with E-state index in [-0.39, 0.29) is 47.4 Å². The Hall–Kier alpha value is -2.69. The molecule has 15 heteroatoms. The Bertz CT molecular complexity index is 493. The van der Waals surface area contributed by atoms with Gasteiger partial charge in [0, 0.05) is 34.1 Å². The molecule has 0 N–H and O–H groups in total. The molecule has 0 atom stereocenters. The van der Waals surface area contributed by atoms with Gasteiger partial charge in [-0.05, 0) is 13.8 Å². The smallest absolute Gasteiger partial charge is 0 e. The molecular formula is C17H10Mn2O13-2. The monoisotopic (exact) mass is 532 g/mol. The molecule has 0 aliphatic carbocycles. The Morgan fingerprint density at radius 1 is 0.625 bits per heavy atom. The minimum absolute atomic E-state index is 0. The van der Waals surface area contributed by atoms with E-state index < -0.39 is 17.5 Å². The second-order valence-corrected chi connectivity index (χ2v) is 2.04. The Morgan fingerprint density at radius 3 is 1.06 bits per heavy atom. The zero-order valence-electron chi connectivity index (χ0n) is 16.0. The Kier molecular flexibility index (Phi) is 305. The van der Waals surface area contributed by atoms with Gasteiger partial charge in [-0.15, -0.1) is 6.29 Å². The quantitative estimate of drug-likeness (QED) is 0.0876. The van der Waals surface area contributed by atoms with Crippen molar-refractivity contribution >= 4 is 18.2 Å². The van der Waals surface area contributed by atoms with E-state index in [0.717, 1.165) is 0 Å². The van der Waals surface area contributed by atoms with Gasteiger partial charge in [0.2, 0.25) is 5.97 Å². The van der Waals surface area contributed by atoms with Gasteiger partial charge in [-0.25, -0.2) is 0 Å². The molecule has 0 aliphatic rings. The van der Waals surface area contributed by atoms with Crippen LogP contribution < -0.4 is 0 Å². The van der Waals surface area contributed by atoms with Crippen LogP contribution in [0, 0.1) is 59.3 Å². The summed E-state index contributed by atoms with van der Waals surface area (Å²) in [7, 11) is 0. The average molecular weight is 532 g/mol. The minimum atomic E-state index is -0.935. The number of ether oxygens (including phenoxy) is 2. The molecule has 0 spiro atoms. The molecule has 0 amide bonds. The number of hydrogen-bond donors (Lipinski definition) is 0. The van der Waals surface area contributed by atoms with Crippen LogP contribution in [0.4, 0.5) is 0 Å². The summed E-state index contributed by atoms with van der Waals surface area (Å²) in [5, 5.41) is 0. The molecule has 13 nitrogen and oxygen atoms in total. The fraction of sp³-hybridized carbons (Fsp3) is 0.235. The van der Waals surface area contributed by atoms with Crippen molar-refractivity contribution in [3.8, 4) is 0 Å². The van der Waals surface area contributed by atoms with Crippen molar-refractivity contribution < 1.29 is 95.2 Å². The first-order valence-electron chi connectivity index (χ1n) is 5.65. The maximum absolute atomic E-state index is 10.9. The maximum atomic E-state index is 10.9. The molecule has 0 aromatic heterocycles. The first-order valence-corrected chi connectivity index (χ1v) is 5.65. The molecular weight excluding hydrogens is 522 g/mol. The third kappa shape index (κ3) is 107. The van der Waals surface area contributed by atoms with Gasteiger partial charge in [0.15, 0.2) is 0 Å². The second-order valence-electron chi connectivity index (χ2n) is 2.04. The molecule has 0 bridgehead atoms. The van der Waals surface area contributed by atoms with Crippen molar-refractivity contribution in [2.75, 3.05) is 13.2 Å². The Labute approximate surface area is 205 Å². The molecule has 0 fully saturated rings. The largest absolute Gasteiger partial charge is 0 e. The predicted molar refractivity (Wildman–Crippen MR) is 77.2 cm³/mol. The van der Waals surface area contributed by atoms with Crippen molar-refractivity contribution in [2.45, 2.75) is 13.8 Å². The van der Waals surface area contributed by atoms with Crippen LogP contribution in [0.15, 0.2) is 5.57 Å². The molecule has 0 aromatic carbocycles. The summed E-state index contributed by atoms with van der Waals surface area (Å²) in [5.41, 5.74) is -0.592. The molecule has 0 saturated heterocycles. The first-order chi connectivity index (χ1) is 14.7. The van der Waals surface area contributed by atoms with Crippen LogP contribution in [0.25, 0.3) is 0 Å². The molecule has 0 rings (SSSR count). The number of esters is 2. The van der Waals surface area contributed by atoms with Gasteiger partial charge in [-0.2, -0.15) is 0 Å². The van der Waals surface area contributed by atoms with Crippen LogP contribution in [-0.4, -0.2) is 31.4 Å². The summed E-state index contributed by atoms with van der Waals surface area (Å²) >= 11 is 0. The minimum Gasteiger partial charge on any atom is 0 e. The van der Waals surface area contributed by atoms with Crippen LogP contribution >= 0.6 is 0 Å². The van der Waals surface area contributed by atoms with Crippen molar-refractivity contribution in [3.63, 3.8) is 0 Å². The van der Waals surface area contributed by atoms with Gasteiger partial charge in [0.25, 0.3) is 0 Å². The summed E-state index contributed by atoms with van der Waals surface area (Å²) in [6, 6.07) is 0. The van der Waals surface area contributed by atoms with Gasteiger partial charge < -0.3 is 19.1 Å². The molecule has 0 heterocycles. The average Bonchev–Trinajstić information content (AvgIpc) is 2.88. The van der Waals surface area contributed by atoms with E-state index in [1.807, 2.05) is 6.08 Å². The van der Waals surface area contributed by atoms with Gasteiger partial charge in [0.05, 0.1) is 19.2 Å². The number of carbonyl (C=O) groups is 2. The summed E-state index contributed by atoms with van der Waals surface area (Å²) in [4.78, 5) is 31.9.